The molecule has 0 bridgehead atoms. The highest BCUT2D eigenvalue weighted by molar-refractivity contribution is 7.89. The second-order valence-electron chi connectivity index (χ2n) is 6.73. The summed E-state index contributed by atoms with van der Waals surface area (Å²) < 4.78 is 37.8. The van der Waals surface area contributed by atoms with Gasteiger partial charge in [0.25, 0.3) is 0 Å². The number of benzene rings is 1. The molecule has 1 aliphatic rings. The van der Waals surface area contributed by atoms with Crippen LogP contribution in [0, 0.1) is 5.92 Å². The number of carbonyl (C=O) groups excluding carboxylic acids is 1. The average Bonchev–Trinajstić information content (AvgIpc) is 2.65. The van der Waals surface area contributed by atoms with Gasteiger partial charge >= 0.3 is 0 Å². The maximum absolute atomic E-state index is 13.0. The third-order valence-electron chi connectivity index (χ3n) is 4.52. The molecule has 1 amide bonds. The van der Waals surface area contributed by atoms with E-state index in [2.05, 4.69) is 13.8 Å². The average molecular weight is 384 g/mol. The highest BCUT2D eigenvalue weighted by Gasteiger charge is 2.32. The monoisotopic (exact) mass is 384 g/mol. The number of methoxy groups -OCH3 is 2. The summed E-state index contributed by atoms with van der Waals surface area (Å²) in [4.78, 5) is 14.1. The molecule has 0 aromatic heterocycles. The van der Waals surface area contributed by atoms with Gasteiger partial charge in [0.15, 0.2) is 0 Å². The Labute approximate surface area is 155 Å². The van der Waals surface area contributed by atoms with Crippen molar-refractivity contribution in [1.29, 1.82) is 0 Å². The number of carbonyl (C=O) groups is 1. The van der Waals surface area contributed by atoms with E-state index in [0.717, 1.165) is 6.42 Å². The molecule has 0 saturated carbocycles. The van der Waals surface area contributed by atoms with Crippen molar-refractivity contribution in [3.63, 3.8) is 0 Å². The normalized spacial score (nSPS) is 16.0. The van der Waals surface area contributed by atoms with Crippen molar-refractivity contribution in [2.24, 2.45) is 5.92 Å². The number of nitrogens with zero attached hydrogens (tertiary/aromatic N) is 2. The molecule has 1 aliphatic heterocycles. The zero-order valence-electron chi connectivity index (χ0n) is 15.9. The first-order valence-electron chi connectivity index (χ1n) is 8.79. The van der Waals surface area contributed by atoms with E-state index in [4.69, 9.17) is 9.47 Å². The van der Waals surface area contributed by atoms with E-state index in [9.17, 15) is 13.2 Å². The number of piperazine rings is 1. The number of amides is 1. The van der Waals surface area contributed by atoms with Gasteiger partial charge in [-0.1, -0.05) is 13.8 Å². The molecule has 7 nitrogen and oxygen atoms in total. The fraction of sp³-hybridized carbons (Fsp3) is 0.611. The van der Waals surface area contributed by atoms with Gasteiger partial charge in [0.05, 0.1) is 14.2 Å². The molecule has 1 aromatic carbocycles. The van der Waals surface area contributed by atoms with Gasteiger partial charge in [-0.05, 0) is 24.5 Å². The molecule has 26 heavy (non-hydrogen) atoms. The summed E-state index contributed by atoms with van der Waals surface area (Å²) >= 11 is 0. The lowest BCUT2D eigenvalue weighted by Gasteiger charge is -2.34. The molecule has 2 rings (SSSR count). The Hall–Kier alpha value is -1.80. The first kappa shape index (κ1) is 20.5. The maximum atomic E-state index is 13.0. The van der Waals surface area contributed by atoms with Crippen molar-refractivity contribution in [3.8, 4) is 11.5 Å². The van der Waals surface area contributed by atoms with E-state index in [1.165, 1.54) is 24.6 Å². The van der Waals surface area contributed by atoms with Gasteiger partial charge < -0.3 is 14.4 Å². The molecular weight excluding hydrogens is 356 g/mol. The van der Waals surface area contributed by atoms with E-state index < -0.39 is 10.0 Å². The molecule has 0 unspecified atom stereocenters. The Morgan fingerprint density at radius 3 is 2.31 bits per heavy atom. The third kappa shape index (κ3) is 4.67. The number of ether oxygens (including phenoxy) is 2. The minimum Gasteiger partial charge on any atom is -0.497 e. The smallest absolute Gasteiger partial charge is 0.247 e. The molecule has 146 valence electrons. The molecule has 0 N–H and O–H groups in total. The quantitative estimate of drug-likeness (QED) is 0.718. The van der Waals surface area contributed by atoms with Crippen LogP contribution in [0.5, 0.6) is 11.5 Å². The Balaban J connectivity index is 2.10. The number of rotatable bonds is 7. The van der Waals surface area contributed by atoms with Crippen molar-refractivity contribution >= 4 is 15.9 Å². The molecule has 0 aliphatic carbocycles. The summed E-state index contributed by atoms with van der Waals surface area (Å²) in [6, 6.07) is 4.70. The topological polar surface area (TPSA) is 76.2 Å². The van der Waals surface area contributed by atoms with E-state index in [1.807, 2.05) is 0 Å². The van der Waals surface area contributed by atoms with Crippen LogP contribution in [0.2, 0.25) is 0 Å². The van der Waals surface area contributed by atoms with Crippen LogP contribution in [-0.4, -0.2) is 63.9 Å². The Bertz CT molecular complexity index is 725. The minimum absolute atomic E-state index is 0.0823. The lowest BCUT2D eigenvalue weighted by molar-refractivity contribution is -0.132. The molecular formula is C18H28N2O5S. The number of hydrogen-bond acceptors (Lipinski definition) is 5. The standard InChI is InChI=1S/C18H28N2O5S/c1-14(2)5-8-18(21)19-9-11-20(12-10-19)26(22,23)17-13-15(24-3)6-7-16(17)25-4/h6-7,13-14H,5,8-12H2,1-4H3. The molecule has 1 heterocycles. The molecule has 8 heteroatoms. The van der Waals surface area contributed by atoms with Gasteiger partial charge in [0, 0.05) is 38.7 Å². The Morgan fingerprint density at radius 2 is 1.77 bits per heavy atom. The van der Waals surface area contributed by atoms with Gasteiger partial charge in [0.1, 0.15) is 16.4 Å². The van der Waals surface area contributed by atoms with E-state index in [-0.39, 0.29) is 29.6 Å². The summed E-state index contributed by atoms with van der Waals surface area (Å²) in [5.74, 6) is 1.30. The third-order valence-corrected chi connectivity index (χ3v) is 6.44. The van der Waals surface area contributed by atoms with E-state index in [0.29, 0.717) is 31.2 Å². The second-order valence-corrected chi connectivity index (χ2v) is 8.64. The predicted molar refractivity (Wildman–Crippen MR) is 99.0 cm³/mol. The van der Waals surface area contributed by atoms with Crippen LogP contribution in [0.1, 0.15) is 26.7 Å². The van der Waals surface area contributed by atoms with E-state index in [1.54, 1.807) is 17.0 Å². The van der Waals surface area contributed by atoms with Crippen molar-refractivity contribution in [2.45, 2.75) is 31.6 Å². The maximum Gasteiger partial charge on any atom is 0.247 e. The van der Waals surface area contributed by atoms with Crippen molar-refractivity contribution in [3.05, 3.63) is 18.2 Å². The number of sulfonamides is 1. The predicted octanol–water partition coefficient (Wildman–Crippen LogP) is 1.97. The van der Waals surface area contributed by atoms with Gasteiger partial charge in [0.2, 0.25) is 15.9 Å². The highest BCUT2D eigenvalue weighted by atomic mass is 32.2. The molecule has 1 saturated heterocycles. The van der Waals surface area contributed by atoms with Crippen LogP contribution in [0.4, 0.5) is 0 Å². The Morgan fingerprint density at radius 1 is 1.12 bits per heavy atom. The Kier molecular flexibility index (Phi) is 6.88. The molecule has 1 aromatic rings. The van der Waals surface area contributed by atoms with Crippen molar-refractivity contribution in [1.82, 2.24) is 9.21 Å². The van der Waals surface area contributed by atoms with Gasteiger partial charge in [-0.25, -0.2) is 8.42 Å². The largest absolute Gasteiger partial charge is 0.497 e. The molecule has 0 radical (unpaired) electrons. The number of hydrogen-bond donors (Lipinski definition) is 0. The lowest BCUT2D eigenvalue weighted by Crippen LogP contribution is -2.50. The van der Waals surface area contributed by atoms with Crippen LogP contribution < -0.4 is 9.47 Å². The minimum atomic E-state index is -3.72. The van der Waals surface area contributed by atoms with Crippen LogP contribution in [0.25, 0.3) is 0 Å². The SMILES string of the molecule is COc1ccc(OC)c(S(=O)(=O)N2CCN(C(=O)CCC(C)C)CC2)c1. The summed E-state index contributed by atoms with van der Waals surface area (Å²) in [7, 11) is -0.799. The lowest BCUT2D eigenvalue weighted by atomic mass is 10.1. The summed E-state index contributed by atoms with van der Waals surface area (Å²) in [5, 5.41) is 0. The second kappa shape index (κ2) is 8.73. The first-order chi connectivity index (χ1) is 12.3. The van der Waals surface area contributed by atoms with Crippen molar-refractivity contribution < 1.29 is 22.7 Å². The van der Waals surface area contributed by atoms with E-state index >= 15 is 0 Å². The van der Waals surface area contributed by atoms with Gasteiger partial charge in [-0.15, -0.1) is 0 Å². The summed E-state index contributed by atoms with van der Waals surface area (Å²) in [5.41, 5.74) is 0. The molecule has 1 fully saturated rings. The van der Waals surface area contributed by atoms with Crippen LogP contribution >= 0.6 is 0 Å². The van der Waals surface area contributed by atoms with Crippen LogP contribution in [0.15, 0.2) is 23.1 Å². The van der Waals surface area contributed by atoms with Crippen molar-refractivity contribution in [2.75, 3.05) is 40.4 Å². The van der Waals surface area contributed by atoms with Crippen LogP contribution in [-0.2, 0) is 14.8 Å². The molecule has 0 spiro atoms. The fourth-order valence-electron chi connectivity index (χ4n) is 2.87. The highest BCUT2D eigenvalue weighted by Crippen LogP contribution is 2.31. The summed E-state index contributed by atoms with van der Waals surface area (Å²) in [6.45, 7) is 5.52. The van der Waals surface area contributed by atoms with Gasteiger partial charge in [-0.3, -0.25) is 4.79 Å². The van der Waals surface area contributed by atoms with Crippen LogP contribution in [0.3, 0.4) is 0 Å². The first-order valence-corrected chi connectivity index (χ1v) is 10.2. The van der Waals surface area contributed by atoms with Gasteiger partial charge in [-0.2, -0.15) is 4.31 Å². The zero-order chi connectivity index (χ0) is 19.3. The zero-order valence-corrected chi connectivity index (χ0v) is 16.7. The molecule has 0 atom stereocenters. The summed E-state index contributed by atoms with van der Waals surface area (Å²) in [6.07, 6.45) is 1.35. The fourth-order valence-corrected chi connectivity index (χ4v) is 4.47.